The van der Waals surface area contributed by atoms with Gasteiger partial charge in [-0.3, -0.25) is 4.99 Å². The molecule has 0 fully saturated rings. The molecule has 0 saturated carbocycles. The van der Waals surface area contributed by atoms with Crippen LogP contribution in [0.15, 0.2) is 47.5 Å². The highest BCUT2D eigenvalue weighted by atomic mass is 19.1. The van der Waals surface area contributed by atoms with Gasteiger partial charge in [0.15, 0.2) is 17.5 Å². The van der Waals surface area contributed by atoms with Crippen LogP contribution in [0.1, 0.15) is 5.56 Å². The SMILES string of the molecule is COc1ccc(NC(N)=NCCc2cccc(F)c2)cc1OC. The highest BCUT2D eigenvalue weighted by Crippen LogP contribution is 2.29. The summed E-state index contributed by atoms with van der Waals surface area (Å²) in [4.78, 5) is 4.23. The summed E-state index contributed by atoms with van der Waals surface area (Å²) in [5.41, 5.74) is 7.48. The maximum Gasteiger partial charge on any atom is 0.193 e. The molecule has 0 amide bonds. The molecule has 23 heavy (non-hydrogen) atoms. The Bertz CT molecular complexity index is 689. The van der Waals surface area contributed by atoms with Crippen molar-refractivity contribution in [2.75, 3.05) is 26.1 Å². The maximum atomic E-state index is 13.1. The Morgan fingerprint density at radius 2 is 1.91 bits per heavy atom. The van der Waals surface area contributed by atoms with Crippen molar-refractivity contribution in [1.29, 1.82) is 0 Å². The van der Waals surface area contributed by atoms with Gasteiger partial charge in [0, 0.05) is 18.3 Å². The Morgan fingerprint density at radius 1 is 1.13 bits per heavy atom. The van der Waals surface area contributed by atoms with Crippen molar-refractivity contribution < 1.29 is 13.9 Å². The number of nitrogens with one attached hydrogen (secondary N) is 1. The number of guanidine groups is 1. The normalized spacial score (nSPS) is 11.2. The van der Waals surface area contributed by atoms with E-state index in [1.807, 2.05) is 12.1 Å². The fourth-order valence-corrected chi connectivity index (χ4v) is 2.10. The number of ether oxygens (including phenoxy) is 2. The van der Waals surface area contributed by atoms with Crippen molar-refractivity contribution in [3.05, 3.63) is 53.8 Å². The van der Waals surface area contributed by atoms with Crippen molar-refractivity contribution >= 4 is 11.6 Å². The lowest BCUT2D eigenvalue weighted by atomic mass is 10.1. The second kappa shape index (κ2) is 8.03. The van der Waals surface area contributed by atoms with Crippen LogP contribution in [0.2, 0.25) is 0 Å². The zero-order chi connectivity index (χ0) is 16.7. The molecular formula is C17H20FN3O2. The number of hydrogen-bond donors (Lipinski definition) is 2. The minimum atomic E-state index is -0.247. The number of hydrogen-bond acceptors (Lipinski definition) is 3. The number of rotatable bonds is 6. The third-order valence-corrected chi connectivity index (χ3v) is 3.23. The Labute approximate surface area is 134 Å². The molecular weight excluding hydrogens is 297 g/mol. The highest BCUT2D eigenvalue weighted by Gasteiger charge is 2.05. The molecule has 6 heteroatoms. The summed E-state index contributed by atoms with van der Waals surface area (Å²) in [6.45, 7) is 0.468. The lowest BCUT2D eigenvalue weighted by Crippen LogP contribution is -2.23. The van der Waals surface area contributed by atoms with Crippen LogP contribution < -0.4 is 20.5 Å². The summed E-state index contributed by atoms with van der Waals surface area (Å²) >= 11 is 0. The summed E-state index contributed by atoms with van der Waals surface area (Å²) in [5, 5.41) is 2.98. The molecule has 0 atom stereocenters. The van der Waals surface area contributed by atoms with E-state index in [0.29, 0.717) is 24.5 Å². The first kappa shape index (κ1) is 16.6. The van der Waals surface area contributed by atoms with Gasteiger partial charge >= 0.3 is 0 Å². The van der Waals surface area contributed by atoms with Gasteiger partial charge in [0.25, 0.3) is 0 Å². The number of methoxy groups -OCH3 is 2. The van der Waals surface area contributed by atoms with Gasteiger partial charge in [-0.05, 0) is 36.2 Å². The van der Waals surface area contributed by atoms with Crippen LogP contribution in [-0.2, 0) is 6.42 Å². The molecule has 0 heterocycles. The van der Waals surface area contributed by atoms with Crippen LogP contribution in [0.5, 0.6) is 11.5 Å². The molecule has 0 aliphatic carbocycles. The molecule has 0 aliphatic rings. The Hall–Kier alpha value is -2.76. The number of nitrogens with two attached hydrogens (primary N) is 1. The van der Waals surface area contributed by atoms with E-state index in [1.165, 1.54) is 12.1 Å². The molecule has 2 rings (SSSR count). The summed E-state index contributed by atoms with van der Waals surface area (Å²) in [6, 6.07) is 11.8. The quantitative estimate of drug-likeness (QED) is 0.635. The predicted molar refractivity (Wildman–Crippen MR) is 89.8 cm³/mol. The third-order valence-electron chi connectivity index (χ3n) is 3.23. The van der Waals surface area contributed by atoms with Crippen molar-refractivity contribution in [2.24, 2.45) is 10.7 Å². The van der Waals surface area contributed by atoms with Gasteiger partial charge in [-0.25, -0.2) is 4.39 Å². The first-order valence-corrected chi connectivity index (χ1v) is 7.16. The zero-order valence-corrected chi connectivity index (χ0v) is 13.2. The predicted octanol–water partition coefficient (Wildman–Crippen LogP) is 2.81. The van der Waals surface area contributed by atoms with Crippen molar-refractivity contribution in [2.45, 2.75) is 6.42 Å². The lowest BCUT2D eigenvalue weighted by Gasteiger charge is -2.11. The van der Waals surface area contributed by atoms with Gasteiger partial charge in [-0.2, -0.15) is 0 Å². The van der Waals surface area contributed by atoms with Gasteiger partial charge in [0.05, 0.1) is 14.2 Å². The minimum absolute atomic E-state index is 0.247. The Balaban J connectivity index is 1.94. The number of anilines is 1. The molecule has 0 spiro atoms. The summed E-state index contributed by atoms with van der Waals surface area (Å²) < 4.78 is 23.5. The molecule has 0 saturated heterocycles. The van der Waals surface area contributed by atoms with Gasteiger partial charge in [0.2, 0.25) is 0 Å². The Morgan fingerprint density at radius 3 is 2.61 bits per heavy atom. The standard InChI is InChI=1S/C17H20FN3O2/c1-22-15-7-6-14(11-16(15)23-2)21-17(19)20-9-8-12-4-3-5-13(18)10-12/h3-7,10-11H,8-9H2,1-2H3,(H3,19,20,21). The van der Waals surface area contributed by atoms with E-state index >= 15 is 0 Å². The molecule has 122 valence electrons. The second-order valence-electron chi connectivity index (χ2n) is 4.84. The van der Waals surface area contributed by atoms with Crippen LogP contribution in [0.4, 0.5) is 10.1 Å². The molecule has 0 radical (unpaired) electrons. The van der Waals surface area contributed by atoms with Gasteiger partial charge in [-0.15, -0.1) is 0 Å². The van der Waals surface area contributed by atoms with E-state index in [4.69, 9.17) is 15.2 Å². The minimum Gasteiger partial charge on any atom is -0.493 e. The Kier molecular flexibility index (Phi) is 5.80. The van der Waals surface area contributed by atoms with E-state index in [-0.39, 0.29) is 11.8 Å². The average Bonchev–Trinajstić information content (AvgIpc) is 2.54. The van der Waals surface area contributed by atoms with E-state index in [1.54, 1.807) is 32.4 Å². The topological polar surface area (TPSA) is 68.9 Å². The zero-order valence-electron chi connectivity index (χ0n) is 13.2. The number of nitrogens with zero attached hydrogens (tertiary/aromatic N) is 1. The lowest BCUT2D eigenvalue weighted by molar-refractivity contribution is 0.355. The molecule has 0 unspecified atom stereocenters. The molecule has 2 aromatic rings. The van der Waals surface area contributed by atoms with Crippen LogP contribution in [0.25, 0.3) is 0 Å². The van der Waals surface area contributed by atoms with Crippen LogP contribution in [0, 0.1) is 5.82 Å². The molecule has 0 aromatic heterocycles. The average molecular weight is 317 g/mol. The number of aliphatic imine (C=N–C) groups is 1. The van der Waals surface area contributed by atoms with Gasteiger partial charge < -0.3 is 20.5 Å². The molecule has 0 bridgehead atoms. The van der Waals surface area contributed by atoms with Gasteiger partial charge in [-0.1, -0.05) is 12.1 Å². The summed E-state index contributed by atoms with van der Waals surface area (Å²) in [7, 11) is 3.14. The fourth-order valence-electron chi connectivity index (χ4n) is 2.10. The van der Waals surface area contributed by atoms with Crippen LogP contribution in [0.3, 0.4) is 0 Å². The maximum absolute atomic E-state index is 13.1. The van der Waals surface area contributed by atoms with Crippen molar-refractivity contribution in [3.8, 4) is 11.5 Å². The fraction of sp³-hybridized carbons (Fsp3) is 0.235. The van der Waals surface area contributed by atoms with E-state index in [0.717, 1.165) is 11.3 Å². The molecule has 0 aliphatic heterocycles. The second-order valence-corrected chi connectivity index (χ2v) is 4.84. The first-order valence-electron chi connectivity index (χ1n) is 7.16. The van der Waals surface area contributed by atoms with E-state index < -0.39 is 0 Å². The van der Waals surface area contributed by atoms with Crippen molar-refractivity contribution in [1.82, 2.24) is 0 Å². The first-order chi connectivity index (χ1) is 11.1. The van der Waals surface area contributed by atoms with Crippen molar-refractivity contribution in [3.63, 3.8) is 0 Å². The van der Waals surface area contributed by atoms with E-state index in [9.17, 15) is 4.39 Å². The number of halogens is 1. The molecule has 2 aromatic carbocycles. The van der Waals surface area contributed by atoms with Gasteiger partial charge in [0.1, 0.15) is 5.82 Å². The highest BCUT2D eigenvalue weighted by molar-refractivity contribution is 5.92. The van der Waals surface area contributed by atoms with E-state index in [2.05, 4.69) is 10.3 Å². The summed E-state index contributed by atoms with van der Waals surface area (Å²) in [6.07, 6.45) is 0.617. The van der Waals surface area contributed by atoms with Crippen LogP contribution >= 0.6 is 0 Å². The molecule has 5 nitrogen and oxygen atoms in total. The largest absolute Gasteiger partial charge is 0.493 e. The third kappa shape index (κ3) is 4.88. The number of benzene rings is 2. The smallest absolute Gasteiger partial charge is 0.193 e. The molecule has 3 N–H and O–H groups in total. The van der Waals surface area contributed by atoms with Crippen LogP contribution in [-0.4, -0.2) is 26.7 Å². The summed E-state index contributed by atoms with van der Waals surface area (Å²) in [5.74, 6) is 1.28. The monoisotopic (exact) mass is 317 g/mol.